The number of amides is 1. The van der Waals surface area contributed by atoms with Crippen molar-refractivity contribution in [3.8, 4) is 0 Å². The van der Waals surface area contributed by atoms with Crippen molar-refractivity contribution in [3.05, 3.63) is 64.2 Å². The number of rotatable bonds is 8. The topological polar surface area (TPSA) is 78.5 Å². The van der Waals surface area contributed by atoms with Crippen molar-refractivity contribution in [1.82, 2.24) is 14.9 Å². The molecule has 27 heavy (non-hydrogen) atoms. The van der Waals surface area contributed by atoms with Crippen LogP contribution >= 0.6 is 11.6 Å². The normalized spacial score (nSPS) is 11.6. The Balaban J connectivity index is 2.12. The highest BCUT2D eigenvalue weighted by Crippen LogP contribution is 2.20. The Morgan fingerprint density at radius 1 is 1.15 bits per heavy atom. The summed E-state index contributed by atoms with van der Waals surface area (Å²) in [7, 11) is -0.295. The molecule has 0 aliphatic rings. The second-order valence-electron chi connectivity index (χ2n) is 6.18. The third-order valence-electron chi connectivity index (χ3n) is 4.20. The van der Waals surface area contributed by atoms with Gasteiger partial charge in [-0.3, -0.25) is 4.79 Å². The maximum atomic E-state index is 12.5. The Hall–Kier alpha value is -1.93. The molecule has 0 unspecified atom stereocenters. The zero-order chi connectivity index (χ0) is 20.0. The molecule has 0 atom stereocenters. The van der Waals surface area contributed by atoms with Crippen molar-refractivity contribution in [1.29, 1.82) is 0 Å². The molecule has 0 spiro atoms. The summed E-state index contributed by atoms with van der Waals surface area (Å²) in [6, 6.07) is 12.0. The summed E-state index contributed by atoms with van der Waals surface area (Å²) < 4.78 is 26.1. The Morgan fingerprint density at radius 3 is 2.52 bits per heavy atom. The minimum atomic E-state index is -3.65. The molecule has 0 bridgehead atoms. The van der Waals surface area contributed by atoms with Gasteiger partial charge in [-0.15, -0.1) is 0 Å². The van der Waals surface area contributed by atoms with Crippen molar-refractivity contribution in [2.75, 3.05) is 20.6 Å². The fraction of sp³-hybridized carbons (Fsp3) is 0.316. The summed E-state index contributed by atoms with van der Waals surface area (Å²) in [6.07, 6.45) is 0. The van der Waals surface area contributed by atoms with Gasteiger partial charge in [-0.2, -0.15) is 0 Å². The van der Waals surface area contributed by atoms with E-state index in [4.69, 9.17) is 11.6 Å². The van der Waals surface area contributed by atoms with E-state index in [-0.39, 0.29) is 15.5 Å². The van der Waals surface area contributed by atoms with Crippen LogP contribution in [0.3, 0.4) is 0 Å². The van der Waals surface area contributed by atoms with Crippen molar-refractivity contribution >= 4 is 27.5 Å². The van der Waals surface area contributed by atoms with Crippen LogP contribution in [0.25, 0.3) is 0 Å². The monoisotopic (exact) mass is 409 g/mol. The number of nitrogens with zero attached hydrogens (tertiary/aromatic N) is 1. The zero-order valence-electron chi connectivity index (χ0n) is 15.6. The maximum Gasteiger partial charge on any atom is 0.253 e. The van der Waals surface area contributed by atoms with E-state index in [9.17, 15) is 13.2 Å². The molecule has 0 radical (unpaired) electrons. The van der Waals surface area contributed by atoms with Crippen LogP contribution in [0.1, 0.15) is 28.4 Å². The highest BCUT2D eigenvalue weighted by atomic mass is 35.5. The second-order valence-corrected chi connectivity index (χ2v) is 8.48. The van der Waals surface area contributed by atoms with Gasteiger partial charge >= 0.3 is 0 Å². The Morgan fingerprint density at radius 2 is 1.85 bits per heavy atom. The molecule has 0 aliphatic heterocycles. The molecule has 0 aliphatic carbocycles. The van der Waals surface area contributed by atoms with E-state index < -0.39 is 15.9 Å². The van der Waals surface area contributed by atoms with Gasteiger partial charge in [-0.25, -0.2) is 13.1 Å². The minimum Gasteiger partial charge on any atom is -0.348 e. The number of hydrogen-bond acceptors (Lipinski definition) is 4. The third kappa shape index (κ3) is 5.77. The van der Waals surface area contributed by atoms with Crippen LogP contribution in [-0.2, 0) is 23.1 Å². The average molecular weight is 410 g/mol. The summed E-state index contributed by atoms with van der Waals surface area (Å²) in [5, 5.41) is 2.99. The summed E-state index contributed by atoms with van der Waals surface area (Å²) in [5.41, 5.74) is 2.24. The molecule has 2 rings (SSSR count). The molecule has 0 aromatic heterocycles. The number of carbonyl (C=O) groups is 1. The van der Waals surface area contributed by atoms with E-state index in [1.807, 2.05) is 31.3 Å². The van der Waals surface area contributed by atoms with Gasteiger partial charge in [0.05, 0.1) is 15.5 Å². The van der Waals surface area contributed by atoms with Gasteiger partial charge in [-0.05, 0) is 50.0 Å². The first-order valence-corrected chi connectivity index (χ1v) is 10.4. The van der Waals surface area contributed by atoms with Crippen LogP contribution in [0.2, 0.25) is 5.02 Å². The number of hydrogen-bond donors (Lipinski definition) is 2. The lowest BCUT2D eigenvalue weighted by Crippen LogP contribution is -2.24. The number of halogens is 1. The van der Waals surface area contributed by atoms with Crippen LogP contribution < -0.4 is 10.0 Å². The molecule has 2 aromatic carbocycles. The summed E-state index contributed by atoms with van der Waals surface area (Å²) in [6.45, 7) is 4.19. The molecular formula is C19H24ClN3O3S. The Kier molecular flexibility index (Phi) is 7.38. The predicted octanol–water partition coefficient (Wildman–Crippen LogP) is 2.63. The van der Waals surface area contributed by atoms with Gasteiger partial charge in [0.2, 0.25) is 10.0 Å². The molecule has 1 amide bonds. The molecule has 0 fully saturated rings. The van der Waals surface area contributed by atoms with Crippen LogP contribution in [0.15, 0.2) is 47.4 Å². The van der Waals surface area contributed by atoms with Crippen molar-refractivity contribution < 1.29 is 13.2 Å². The van der Waals surface area contributed by atoms with E-state index in [0.717, 1.165) is 24.2 Å². The van der Waals surface area contributed by atoms with Gasteiger partial charge in [-0.1, -0.05) is 42.8 Å². The van der Waals surface area contributed by atoms with Crippen LogP contribution in [0.4, 0.5) is 0 Å². The van der Waals surface area contributed by atoms with E-state index in [0.29, 0.717) is 6.54 Å². The van der Waals surface area contributed by atoms with Gasteiger partial charge in [0, 0.05) is 13.1 Å². The highest BCUT2D eigenvalue weighted by molar-refractivity contribution is 7.89. The van der Waals surface area contributed by atoms with Gasteiger partial charge < -0.3 is 10.2 Å². The van der Waals surface area contributed by atoms with Crippen LogP contribution in [-0.4, -0.2) is 39.9 Å². The first kappa shape index (κ1) is 21.4. The standard InChI is InChI=1S/C19H24ClN3O3S/c1-4-23(3)13-15-7-5-6-14(10-15)12-22-19(24)17-11-16(8-9-18(17)20)27(25,26)21-2/h5-11,21H,4,12-13H2,1-3H3,(H,22,24). The van der Waals surface area contributed by atoms with Crippen LogP contribution in [0.5, 0.6) is 0 Å². The van der Waals surface area contributed by atoms with E-state index in [1.165, 1.54) is 25.2 Å². The first-order chi connectivity index (χ1) is 12.8. The lowest BCUT2D eigenvalue weighted by molar-refractivity contribution is 0.0951. The van der Waals surface area contributed by atoms with Crippen molar-refractivity contribution in [2.24, 2.45) is 0 Å². The second kappa shape index (κ2) is 9.32. The molecule has 8 heteroatoms. The number of carbonyl (C=O) groups excluding carboxylic acids is 1. The summed E-state index contributed by atoms with van der Waals surface area (Å²) >= 11 is 6.08. The summed E-state index contributed by atoms with van der Waals surface area (Å²) in [5.74, 6) is -0.427. The predicted molar refractivity (Wildman–Crippen MR) is 107 cm³/mol. The highest BCUT2D eigenvalue weighted by Gasteiger charge is 2.17. The largest absolute Gasteiger partial charge is 0.348 e. The lowest BCUT2D eigenvalue weighted by atomic mass is 10.1. The van der Waals surface area contributed by atoms with E-state index in [1.54, 1.807) is 0 Å². The summed E-state index contributed by atoms with van der Waals surface area (Å²) in [4.78, 5) is 14.7. The van der Waals surface area contributed by atoms with E-state index >= 15 is 0 Å². The quantitative estimate of drug-likeness (QED) is 0.702. The molecule has 0 saturated heterocycles. The SMILES string of the molecule is CCN(C)Cc1cccc(CNC(=O)c2cc(S(=O)(=O)NC)ccc2Cl)c1. The fourth-order valence-corrected chi connectivity index (χ4v) is 3.46. The molecule has 146 valence electrons. The fourth-order valence-electron chi connectivity index (χ4n) is 2.50. The third-order valence-corrected chi connectivity index (χ3v) is 5.94. The van der Waals surface area contributed by atoms with Crippen molar-refractivity contribution in [2.45, 2.75) is 24.9 Å². The molecule has 6 nitrogen and oxygen atoms in total. The Labute approximate surface area is 165 Å². The van der Waals surface area contributed by atoms with Gasteiger partial charge in [0.15, 0.2) is 0 Å². The van der Waals surface area contributed by atoms with Crippen LogP contribution in [0, 0.1) is 0 Å². The molecule has 0 saturated carbocycles. The van der Waals surface area contributed by atoms with Crippen molar-refractivity contribution in [3.63, 3.8) is 0 Å². The first-order valence-electron chi connectivity index (χ1n) is 8.54. The molecule has 2 aromatic rings. The molecular weight excluding hydrogens is 386 g/mol. The van der Waals surface area contributed by atoms with Gasteiger partial charge in [0.25, 0.3) is 5.91 Å². The Bertz CT molecular complexity index is 916. The van der Waals surface area contributed by atoms with E-state index in [2.05, 4.69) is 21.9 Å². The molecule has 0 heterocycles. The van der Waals surface area contributed by atoms with Gasteiger partial charge in [0.1, 0.15) is 0 Å². The smallest absolute Gasteiger partial charge is 0.253 e. The number of benzene rings is 2. The number of sulfonamides is 1. The lowest BCUT2D eigenvalue weighted by Gasteiger charge is -2.14. The average Bonchev–Trinajstić information content (AvgIpc) is 2.66. The maximum absolute atomic E-state index is 12.5. The minimum absolute atomic E-state index is 0.0100. The molecule has 2 N–H and O–H groups in total. The number of nitrogens with one attached hydrogen (secondary N) is 2. The zero-order valence-corrected chi connectivity index (χ0v) is 17.2.